The van der Waals surface area contributed by atoms with Crippen LogP contribution in [0.25, 0.3) is 21.9 Å². The molecule has 8 nitrogen and oxygen atoms in total. The van der Waals surface area contributed by atoms with Gasteiger partial charge in [-0.1, -0.05) is 50.4 Å². The van der Waals surface area contributed by atoms with Gasteiger partial charge in [-0.15, -0.1) is 12.0 Å². The molecule has 2 aliphatic rings. The van der Waals surface area contributed by atoms with E-state index >= 15 is 0 Å². The number of rotatable bonds is 7. The Hall–Kier alpha value is -4.27. The van der Waals surface area contributed by atoms with Gasteiger partial charge in [0.1, 0.15) is 0 Å². The standard InChI is InChI=1S/C31H30ClF3N8/c1-5-18-15-38-26-21(25(18)39-17-29(2,3)4)13-19(14-22(26)32)40-28(20-7-6-8-23-27(20)37-12-11-36-23)24-16-43(42-41-24)30(9-10-30)31(33,34)35/h1,6-8,11-16,28,40-42H,9-10,17H2,2-4H3,(H,38,39)/t28-/m0/s1. The van der Waals surface area contributed by atoms with Crippen LogP contribution in [0.4, 0.5) is 24.5 Å². The van der Waals surface area contributed by atoms with E-state index in [2.05, 4.69) is 63.2 Å². The van der Waals surface area contributed by atoms with E-state index in [0.717, 1.165) is 10.7 Å². The van der Waals surface area contributed by atoms with E-state index in [0.29, 0.717) is 56.0 Å². The highest BCUT2D eigenvalue weighted by atomic mass is 35.5. The third-order valence-electron chi connectivity index (χ3n) is 7.64. The molecular weight excluding hydrogens is 577 g/mol. The number of terminal acetylenes is 1. The molecule has 0 amide bonds. The molecule has 0 unspecified atom stereocenters. The first-order chi connectivity index (χ1) is 20.4. The van der Waals surface area contributed by atoms with Gasteiger partial charge in [0.15, 0.2) is 5.54 Å². The van der Waals surface area contributed by atoms with Crippen LogP contribution in [0.2, 0.25) is 5.02 Å². The smallest absolute Gasteiger partial charge is 0.383 e. The number of pyridine rings is 1. The van der Waals surface area contributed by atoms with Crippen LogP contribution in [0.5, 0.6) is 0 Å². The highest BCUT2D eigenvalue weighted by Gasteiger charge is 2.67. The van der Waals surface area contributed by atoms with Gasteiger partial charge >= 0.3 is 6.18 Å². The first-order valence-electron chi connectivity index (χ1n) is 13.8. The average Bonchev–Trinajstić information content (AvgIpc) is 3.65. The molecule has 2 aromatic carbocycles. The van der Waals surface area contributed by atoms with Crippen molar-refractivity contribution in [3.8, 4) is 12.3 Å². The number of para-hydroxylation sites is 1. The van der Waals surface area contributed by atoms with Crippen molar-refractivity contribution in [3.63, 3.8) is 0 Å². The lowest BCUT2D eigenvalue weighted by Crippen LogP contribution is -2.52. The minimum atomic E-state index is -4.40. The number of nitrogens with one attached hydrogen (secondary N) is 4. The van der Waals surface area contributed by atoms with E-state index in [1.807, 2.05) is 24.3 Å². The molecule has 6 rings (SSSR count). The highest BCUT2D eigenvalue weighted by molar-refractivity contribution is 6.35. The van der Waals surface area contributed by atoms with Gasteiger partial charge in [0.05, 0.1) is 44.6 Å². The number of fused-ring (bicyclic) bond motifs is 2. The number of hydrazine groups is 2. The average molecular weight is 607 g/mol. The summed E-state index contributed by atoms with van der Waals surface area (Å²) in [5.74, 6) is 2.70. The van der Waals surface area contributed by atoms with Crippen LogP contribution < -0.4 is 21.6 Å². The summed E-state index contributed by atoms with van der Waals surface area (Å²) in [5, 5.41) is 9.18. The molecule has 2 aromatic heterocycles. The Morgan fingerprint density at radius 1 is 1.12 bits per heavy atom. The van der Waals surface area contributed by atoms with Gasteiger partial charge in [-0.2, -0.15) is 13.2 Å². The van der Waals surface area contributed by atoms with Crippen molar-refractivity contribution in [1.82, 2.24) is 30.9 Å². The maximum absolute atomic E-state index is 14.0. The van der Waals surface area contributed by atoms with Gasteiger partial charge in [0, 0.05) is 48.0 Å². The third-order valence-corrected chi connectivity index (χ3v) is 7.93. The fourth-order valence-electron chi connectivity index (χ4n) is 5.22. The molecule has 222 valence electrons. The minimum absolute atomic E-state index is 0.00192. The van der Waals surface area contributed by atoms with Crippen molar-refractivity contribution in [2.45, 2.75) is 51.4 Å². The van der Waals surface area contributed by atoms with Crippen LogP contribution in [-0.4, -0.2) is 38.2 Å². The second kappa shape index (κ2) is 10.5. The number of aromatic nitrogens is 3. The van der Waals surface area contributed by atoms with Crippen LogP contribution in [0.15, 0.2) is 60.8 Å². The molecule has 12 heteroatoms. The molecule has 1 atom stereocenters. The number of anilines is 2. The van der Waals surface area contributed by atoms with Crippen molar-refractivity contribution in [2.75, 3.05) is 17.2 Å². The van der Waals surface area contributed by atoms with E-state index in [1.165, 1.54) is 6.20 Å². The van der Waals surface area contributed by atoms with E-state index in [-0.39, 0.29) is 18.3 Å². The lowest BCUT2D eigenvalue weighted by molar-refractivity contribution is -0.195. The fourth-order valence-corrected chi connectivity index (χ4v) is 5.49. The molecule has 4 N–H and O–H groups in total. The van der Waals surface area contributed by atoms with Gasteiger partial charge in [-0.3, -0.25) is 20.0 Å². The summed E-state index contributed by atoms with van der Waals surface area (Å²) in [6.45, 7) is 6.98. The molecule has 1 fully saturated rings. The zero-order valence-electron chi connectivity index (χ0n) is 23.8. The Balaban J connectivity index is 1.46. The topological polar surface area (TPSA) is 90.0 Å². The number of hydrogen-bond acceptors (Lipinski definition) is 8. The Kier molecular flexibility index (Phi) is 7.02. The van der Waals surface area contributed by atoms with E-state index < -0.39 is 17.8 Å². The second-order valence-corrected chi connectivity index (χ2v) is 12.4. The lowest BCUT2D eigenvalue weighted by Gasteiger charge is -2.28. The maximum Gasteiger partial charge on any atom is 0.413 e. The van der Waals surface area contributed by atoms with E-state index in [4.69, 9.17) is 18.0 Å². The largest absolute Gasteiger partial charge is 0.413 e. The monoisotopic (exact) mass is 606 g/mol. The number of halogens is 4. The third kappa shape index (κ3) is 5.37. The van der Waals surface area contributed by atoms with Gasteiger partial charge < -0.3 is 16.1 Å². The summed E-state index contributed by atoms with van der Waals surface area (Å²) in [6.07, 6.45) is 7.70. The summed E-state index contributed by atoms with van der Waals surface area (Å²) in [4.78, 5) is 13.5. The highest BCUT2D eigenvalue weighted by Crippen LogP contribution is 2.54. The normalized spacial score (nSPS) is 16.9. The molecule has 1 aliphatic carbocycles. The molecule has 43 heavy (non-hydrogen) atoms. The van der Waals surface area contributed by atoms with Gasteiger partial charge in [-0.25, -0.2) is 0 Å². The Morgan fingerprint density at radius 2 is 1.88 bits per heavy atom. The first-order valence-corrected chi connectivity index (χ1v) is 14.2. The van der Waals surface area contributed by atoms with Crippen molar-refractivity contribution in [1.29, 1.82) is 0 Å². The summed E-state index contributed by atoms with van der Waals surface area (Å²) in [7, 11) is 0. The lowest BCUT2D eigenvalue weighted by atomic mass is 9.96. The summed E-state index contributed by atoms with van der Waals surface area (Å²) in [6, 6.07) is 8.51. The van der Waals surface area contributed by atoms with E-state index in [9.17, 15) is 13.2 Å². The molecule has 3 heterocycles. The van der Waals surface area contributed by atoms with Crippen molar-refractivity contribution >= 4 is 44.9 Å². The molecule has 0 saturated heterocycles. The number of hydrogen-bond donors (Lipinski definition) is 4. The van der Waals surface area contributed by atoms with Crippen LogP contribution in [0.3, 0.4) is 0 Å². The predicted molar refractivity (Wildman–Crippen MR) is 163 cm³/mol. The van der Waals surface area contributed by atoms with Crippen molar-refractivity contribution in [3.05, 3.63) is 77.0 Å². The number of benzene rings is 2. The molecule has 1 aliphatic heterocycles. The maximum atomic E-state index is 14.0. The molecule has 4 aromatic rings. The van der Waals surface area contributed by atoms with E-state index in [1.54, 1.807) is 24.7 Å². The Morgan fingerprint density at radius 3 is 2.58 bits per heavy atom. The van der Waals surface area contributed by atoms with Crippen LogP contribution in [-0.2, 0) is 0 Å². The Bertz CT molecular complexity index is 1780. The second-order valence-electron chi connectivity index (χ2n) is 12.0. The van der Waals surface area contributed by atoms with Crippen LogP contribution in [0, 0.1) is 17.8 Å². The predicted octanol–water partition coefficient (Wildman–Crippen LogP) is 6.69. The van der Waals surface area contributed by atoms with Crippen molar-refractivity contribution in [2.24, 2.45) is 5.41 Å². The summed E-state index contributed by atoms with van der Waals surface area (Å²) < 4.78 is 41.9. The molecule has 0 spiro atoms. The Labute approximate surface area is 252 Å². The van der Waals surface area contributed by atoms with Crippen molar-refractivity contribution < 1.29 is 13.2 Å². The number of alkyl halides is 3. The van der Waals surface area contributed by atoms with Gasteiger partial charge in [-0.05, 0) is 36.5 Å². The zero-order chi connectivity index (χ0) is 30.6. The quantitative estimate of drug-likeness (QED) is 0.173. The van der Waals surface area contributed by atoms with Gasteiger partial charge in [0.25, 0.3) is 0 Å². The molecular formula is C31H30ClF3N8. The van der Waals surface area contributed by atoms with Gasteiger partial charge in [0.2, 0.25) is 0 Å². The minimum Gasteiger partial charge on any atom is -0.383 e. The fraction of sp³-hybridized carbons (Fsp3) is 0.323. The molecule has 0 radical (unpaired) electrons. The SMILES string of the molecule is C#Cc1cnc2c(Cl)cc(N[C@H](C3=CN(C4(C(F)(F)F)CC4)NN3)c3cccc4nccnc34)cc2c1NCC(C)(C)C. The van der Waals surface area contributed by atoms with Crippen LogP contribution >= 0.6 is 11.6 Å². The zero-order valence-corrected chi connectivity index (χ0v) is 24.5. The number of nitrogens with zero attached hydrogens (tertiary/aromatic N) is 4. The first kappa shape index (κ1) is 28.8. The van der Waals surface area contributed by atoms with Crippen LogP contribution in [0.1, 0.15) is 50.8 Å². The molecule has 1 saturated carbocycles. The molecule has 0 bridgehead atoms. The summed E-state index contributed by atoms with van der Waals surface area (Å²) >= 11 is 6.77. The summed E-state index contributed by atoms with van der Waals surface area (Å²) in [5.41, 5.74) is 8.64.